The van der Waals surface area contributed by atoms with Gasteiger partial charge in [0.1, 0.15) is 0 Å². The second-order valence-electron chi connectivity index (χ2n) is 4.70. The smallest absolute Gasteiger partial charge is 0.240 e. The minimum atomic E-state index is -3.44. The Hall–Kier alpha value is -0.430. The molecule has 0 saturated heterocycles. The molecule has 1 aromatic rings. The van der Waals surface area contributed by atoms with Crippen LogP contribution in [0.5, 0.6) is 0 Å². The lowest BCUT2D eigenvalue weighted by Gasteiger charge is -2.18. The van der Waals surface area contributed by atoms with Crippen molar-refractivity contribution in [3.05, 3.63) is 28.2 Å². The largest absolute Gasteiger partial charge is 0.308 e. The number of aryl methyl sites for hydroxylation is 1. The molecule has 0 heterocycles. The lowest BCUT2D eigenvalue weighted by Crippen LogP contribution is -2.39. The summed E-state index contributed by atoms with van der Waals surface area (Å²) in [4.78, 5) is 2.24. The molecule has 1 aromatic carbocycles. The Labute approximate surface area is 118 Å². The Bertz CT molecular complexity index is 515. The van der Waals surface area contributed by atoms with Crippen molar-refractivity contribution in [3.8, 4) is 0 Å². The van der Waals surface area contributed by atoms with Crippen molar-refractivity contribution >= 4 is 26.0 Å². The lowest BCUT2D eigenvalue weighted by molar-refractivity contribution is 0.370. The first kappa shape index (κ1) is 15.6. The fourth-order valence-electron chi connectivity index (χ4n) is 1.70. The molecule has 0 fully saturated rings. The van der Waals surface area contributed by atoms with Crippen molar-refractivity contribution in [2.45, 2.75) is 24.8 Å². The van der Waals surface area contributed by atoms with Gasteiger partial charge in [0.2, 0.25) is 10.0 Å². The molecule has 0 aliphatic rings. The van der Waals surface area contributed by atoms with Gasteiger partial charge in [-0.3, -0.25) is 0 Å². The summed E-state index contributed by atoms with van der Waals surface area (Å²) in [7, 11) is 0.381. The molecule has 0 aliphatic carbocycles. The number of likely N-dealkylation sites (N-methyl/N-ethyl adjacent to an activating group) is 1. The van der Waals surface area contributed by atoms with Crippen LogP contribution in [0.2, 0.25) is 0 Å². The second kappa shape index (κ2) is 6.14. The highest BCUT2D eigenvalue weighted by molar-refractivity contribution is 9.10. The number of halogens is 1. The van der Waals surface area contributed by atoms with Crippen molar-refractivity contribution in [3.63, 3.8) is 0 Å². The van der Waals surface area contributed by atoms with Gasteiger partial charge in [0, 0.05) is 17.1 Å². The average molecular weight is 335 g/mol. The van der Waals surface area contributed by atoms with Gasteiger partial charge in [0.25, 0.3) is 0 Å². The summed E-state index contributed by atoms with van der Waals surface area (Å²) >= 11 is 3.36. The van der Waals surface area contributed by atoms with Crippen LogP contribution in [0, 0.1) is 6.92 Å². The van der Waals surface area contributed by atoms with Crippen LogP contribution in [-0.2, 0) is 10.0 Å². The molecule has 0 aliphatic heterocycles. The van der Waals surface area contributed by atoms with E-state index in [1.165, 1.54) is 0 Å². The van der Waals surface area contributed by atoms with E-state index in [2.05, 4.69) is 20.7 Å². The van der Waals surface area contributed by atoms with Gasteiger partial charge in [0.15, 0.2) is 0 Å². The lowest BCUT2D eigenvalue weighted by atomic mass is 10.2. The maximum absolute atomic E-state index is 12.1. The van der Waals surface area contributed by atoms with Crippen LogP contribution in [0.15, 0.2) is 27.6 Å². The molecule has 6 heteroatoms. The maximum atomic E-state index is 12.1. The summed E-state index contributed by atoms with van der Waals surface area (Å²) in [6.45, 7) is 4.38. The number of benzene rings is 1. The van der Waals surface area contributed by atoms with Crippen molar-refractivity contribution < 1.29 is 8.42 Å². The van der Waals surface area contributed by atoms with Crippen molar-refractivity contribution in [2.75, 3.05) is 20.6 Å². The van der Waals surface area contributed by atoms with Crippen LogP contribution in [0.1, 0.15) is 12.5 Å². The van der Waals surface area contributed by atoms with Crippen LogP contribution in [0.25, 0.3) is 0 Å². The Morgan fingerprint density at radius 3 is 2.50 bits per heavy atom. The minimum absolute atomic E-state index is 0.131. The van der Waals surface area contributed by atoms with Crippen molar-refractivity contribution in [1.29, 1.82) is 0 Å². The third kappa shape index (κ3) is 4.35. The number of hydrogen-bond donors (Lipinski definition) is 1. The molecule has 1 unspecified atom stereocenters. The van der Waals surface area contributed by atoms with E-state index in [0.717, 1.165) is 10.0 Å². The highest BCUT2D eigenvalue weighted by atomic mass is 79.9. The van der Waals surface area contributed by atoms with Gasteiger partial charge in [-0.05, 0) is 51.7 Å². The first-order chi connectivity index (χ1) is 8.22. The van der Waals surface area contributed by atoms with E-state index in [0.29, 0.717) is 11.4 Å². The predicted molar refractivity (Wildman–Crippen MR) is 77.2 cm³/mol. The first-order valence-corrected chi connectivity index (χ1v) is 7.93. The summed E-state index contributed by atoms with van der Waals surface area (Å²) < 4.78 is 27.9. The van der Waals surface area contributed by atoms with Crippen LogP contribution in [0.3, 0.4) is 0 Å². The quantitative estimate of drug-likeness (QED) is 0.895. The monoisotopic (exact) mass is 334 g/mol. The van der Waals surface area contributed by atoms with E-state index in [4.69, 9.17) is 0 Å². The molecule has 0 amide bonds. The van der Waals surface area contributed by atoms with Gasteiger partial charge in [0.05, 0.1) is 4.90 Å². The molecule has 0 spiro atoms. The Kier molecular flexibility index (Phi) is 5.33. The molecule has 1 rings (SSSR count). The molecule has 0 saturated carbocycles. The Morgan fingerprint density at radius 1 is 1.39 bits per heavy atom. The molecule has 0 radical (unpaired) electrons. The molecule has 1 N–H and O–H groups in total. The summed E-state index contributed by atoms with van der Waals surface area (Å²) in [6, 6.07) is 4.88. The van der Waals surface area contributed by atoms with E-state index in [1.54, 1.807) is 18.2 Å². The highest BCUT2D eigenvalue weighted by Gasteiger charge is 2.18. The molecule has 102 valence electrons. The number of rotatable bonds is 5. The minimum Gasteiger partial charge on any atom is -0.308 e. The molecule has 18 heavy (non-hydrogen) atoms. The van der Waals surface area contributed by atoms with E-state index in [-0.39, 0.29) is 6.04 Å². The van der Waals surface area contributed by atoms with Crippen molar-refractivity contribution in [2.24, 2.45) is 0 Å². The summed E-state index contributed by atoms with van der Waals surface area (Å²) in [5, 5.41) is 0. The molecule has 1 atom stereocenters. The van der Waals surface area contributed by atoms with Gasteiger partial charge >= 0.3 is 0 Å². The van der Waals surface area contributed by atoms with Crippen LogP contribution < -0.4 is 4.72 Å². The van der Waals surface area contributed by atoms with Gasteiger partial charge < -0.3 is 4.90 Å². The first-order valence-electron chi connectivity index (χ1n) is 5.65. The highest BCUT2D eigenvalue weighted by Crippen LogP contribution is 2.20. The van der Waals surface area contributed by atoms with Gasteiger partial charge in [-0.2, -0.15) is 0 Å². The summed E-state index contributed by atoms with van der Waals surface area (Å²) in [5.74, 6) is 0. The zero-order chi connectivity index (χ0) is 13.9. The Morgan fingerprint density at radius 2 is 2.00 bits per heavy atom. The molecular weight excluding hydrogens is 316 g/mol. The standard InChI is InChI=1S/C12H19BrN2O2S/c1-9-7-11(5-6-12(9)13)18(16,17)14-10(2)8-15(3)4/h5-7,10,14H,8H2,1-4H3. The third-order valence-corrected chi connectivity index (χ3v) is 4.91. The van der Waals surface area contributed by atoms with E-state index in [1.807, 2.05) is 32.8 Å². The average Bonchev–Trinajstić information content (AvgIpc) is 2.19. The van der Waals surface area contributed by atoms with E-state index in [9.17, 15) is 8.42 Å². The van der Waals surface area contributed by atoms with E-state index >= 15 is 0 Å². The zero-order valence-corrected chi connectivity index (χ0v) is 13.5. The Balaban J connectivity index is 2.89. The molecule has 0 bridgehead atoms. The fraction of sp³-hybridized carbons (Fsp3) is 0.500. The SMILES string of the molecule is Cc1cc(S(=O)(=O)NC(C)CN(C)C)ccc1Br. The van der Waals surface area contributed by atoms with Crippen LogP contribution in [-0.4, -0.2) is 40.0 Å². The molecule has 0 aromatic heterocycles. The summed E-state index contributed by atoms with van der Waals surface area (Å²) in [6.07, 6.45) is 0. The maximum Gasteiger partial charge on any atom is 0.240 e. The van der Waals surface area contributed by atoms with Crippen LogP contribution >= 0.6 is 15.9 Å². The van der Waals surface area contributed by atoms with Gasteiger partial charge in [-0.15, -0.1) is 0 Å². The summed E-state index contributed by atoms with van der Waals surface area (Å²) in [5.41, 5.74) is 0.901. The normalized spacial score (nSPS) is 13.9. The van der Waals surface area contributed by atoms with Gasteiger partial charge in [-0.25, -0.2) is 13.1 Å². The zero-order valence-electron chi connectivity index (χ0n) is 11.1. The fourth-order valence-corrected chi connectivity index (χ4v) is 3.27. The van der Waals surface area contributed by atoms with Crippen molar-refractivity contribution in [1.82, 2.24) is 9.62 Å². The number of sulfonamides is 1. The van der Waals surface area contributed by atoms with E-state index < -0.39 is 10.0 Å². The number of nitrogens with zero attached hydrogens (tertiary/aromatic N) is 1. The molecule has 4 nitrogen and oxygen atoms in total. The number of nitrogens with one attached hydrogen (secondary N) is 1. The third-order valence-electron chi connectivity index (χ3n) is 2.44. The molecular formula is C12H19BrN2O2S. The topological polar surface area (TPSA) is 49.4 Å². The number of hydrogen-bond acceptors (Lipinski definition) is 3. The predicted octanol–water partition coefficient (Wildman–Crippen LogP) is 1.99. The van der Waals surface area contributed by atoms with Gasteiger partial charge in [-0.1, -0.05) is 15.9 Å². The second-order valence-corrected chi connectivity index (χ2v) is 7.26. The van der Waals surface area contributed by atoms with Crippen LogP contribution in [0.4, 0.5) is 0 Å².